The van der Waals surface area contributed by atoms with Crippen LogP contribution in [-0.4, -0.2) is 29.2 Å². The Balaban J connectivity index is 2.03. The van der Waals surface area contributed by atoms with E-state index < -0.39 is 0 Å². The fourth-order valence-corrected chi connectivity index (χ4v) is 2.79. The first kappa shape index (κ1) is 14.7. The van der Waals surface area contributed by atoms with Gasteiger partial charge in [0, 0.05) is 31.5 Å². The van der Waals surface area contributed by atoms with Gasteiger partial charge < -0.3 is 10.1 Å². The second-order valence-electron chi connectivity index (χ2n) is 6.31. The van der Waals surface area contributed by atoms with Crippen LogP contribution >= 0.6 is 0 Å². The molecule has 0 aromatic carbocycles. The molecular formula is C15H22N4O. The van der Waals surface area contributed by atoms with E-state index in [0.717, 1.165) is 26.0 Å². The van der Waals surface area contributed by atoms with Crippen LogP contribution in [0.1, 0.15) is 39.3 Å². The SMILES string of the molecule is CC(C)(C)[C@H]1OCCC[C@H]1CNc1nccnc1C#N. The summed E-state index contributed by atoms with van der Waals surface area (Å²) in [7, 11) is 0. The van der Waals surface area contributed by atoms with Gasteiger partial charge in [-0.1, -0.05) is 20.8 Å². The van der Waals surface area contributed by atoms with Gasteiger partial charge in [-0.05, 0) is 18.3 Å². The molecule has 0 spiro atoms. The molecule has 0 bridgehead atoms. The van der Waals surface area contributed by atoms with Crippen LogP contribution < -0.4 is 5.32 Å². The monoisotopic (exact) mass is 274 g/mol. The van der Waals surface area contributed by atoms with Crippen LogP contribution in [0.3, 0.4) is 0 Å². The predicted molar refractivity (Wildman–Crippen MR) is 77.2 cm³/mol. The van der Waals surface area contributed by atoms with Crippen LogP contribution in [0.15, 0.2) is 12.4 Å². The van der Waals surface area contributed by atoms with Gasteiger partial charge in [-0.15, -0.1) is 0 Å². The molecule has 5 heteroatoms. The lowest BCUT2D eigenvalue weighted by atomic mass is 9.78. The van der Waals surface area contributed by atoms with Gasteiger partial charge in [-0.3, -0.25) is 0 Å². The Morgan fingerprint density at radius 3 is 2.85 bits per heavy atom. The summed E-state index contributed by atoms with van der Waals surface area (Å²) in [6.07, 6.45) is 5.58. The molecular weight excluding hydrogens is 252 g/mol. The number of hydrogen-bond donors (Lipinski definition) is 1. The van der Waals surface area contributed by atoms with Crippen LogP contribution in [-0.2, 0) is 4.74 Å². The summed E-state index contributed by atoms with van der Waals surface area (Å²) in [5, 5.41) is 12.3. The number of anilines is 1. The Bertz CT molecular complexity index is 489. The van der Waals surface area contributed by atoms with E-state index >= 15 is 0 Å². The minimum absolute atomic E-state index is 0.118. The van der Waals surface area contributed by atoms with E-state index in [9.17, 15) is 0 Å². The third-order valence-corrected chi connectivity index (χ3v) is 3.63. The summed E-state index contributed by atoms with van der Waals surface area (Å²) in [6, 6.07) is 2.06. The normalized spacial score (nSPS) is 23.1. The number of nitrogens with zero attached hydrogens (tertiary/aromatic N) is 3. The Morgan fingerprint density at radius 2 is 2.15 bits per heavy atom. The number of aromatic nitrogens is 2. The quantitative estimate of drug-likeness (QED) is 0.917. The van der Waals surface area contributed by atoms with E-state index in [0.29, 0.717) is 17.4 Å². The number of nitriles is 1. The molecule has 0 amide bonds. The van der Waals surface area contributed by atoms with Gasteiger partial charge in [0.1, 0.15) is 6.07 Å². The van der Waals surface area contributed by atoms with Crippen LogP contribution in [0.25, 0.3) is 0 Å². The third kappa shape index (κ3) is 3.45. The summed E-state index contributed by atoms with van der Waals surface area (Å²) in [4.78, 5) is 8.20. The summed E-state index contributed by atoms with van der Waals surface area (Å²) in [5.41, 5.74) is 0.462. The summed E-state index contributed by atoms with van der Waals surface area (Å²) < 4.78 is 5.96. The summed E-state index contributed by atoms with van der Waals surface area (Å²) in [6.45, 7) is 8.22. The van der Waals surface area contributed by atoms with Gasteiger partial charge in [0.15, 0.2) is 11.5 Å². The molecule has 2 atom stereocenters. The maximum absolute atomic E-state index is 9.02. The molecule has 2 rings (SSSR count). The maximum Gasteiger partial charge on any atom is 0.182 e. The fraction of sp³-hybridized carbons (Fsp3) is 0.667. The molecule has 0 saturated carbocycles. The third-order valence-electron chi connectivity index (χ3n) is 3.63. The van der Waals surface area contributed by atoms with Crippen molar-refractivity contribution in [3.05, 3.63) is 18.1 Å². The van der Waals surface area contributed by atoms with Gasteiger partial charge in [-0.25, -0.2) is 9.97 Å². The lowest BCUT2D eigenvalue weighted by Gasteiger charge is -2.40. The fourth-order valence-electron chi connectivity index (χ4n) is 2.79. The molecule has 1 aromatic heterocycles. The molecule has 2 heterocycles. The predicted octanol–water partition coefficient (Wildman–Crippen LogP) is 2.60. The highest BCUT2D eigenvalue weighted by atomic mass is 16.5. The van der Waals surface area contributed by atoms with Crippen molar-refractivity contribution in [3.8, 4) is 6.07 Å². The van der Waals surface area contributed by atoms with Crippen LogP contribution in [0.5, 0.6) is 0 Å². The van der Waals surface area contributed by atoms with Crippen molar-refractivity contribution in [1.29, 1.82) is 5.26 Å². The van der Waals surface area contributed by atoms with Gasteiger partial charge in [0.2, 0.25) is 0 Å². The highest BCUT2D eigenvalue weighted by molar-refractivity contribution is 5.46. The van der Waals surface area contributed by atoms with Crippen molar-refractivity contribution in [2.45, 2.75) is 39.7 Å². The molecule has 108 valence electrons. The Labute approximate surface area is 120 Å². The number of ether oxygens (including phenoxy) is 1. The van der Waals surface area contributed by atoms with Crippen molar-refractivity contribution in [2.75, 3.05) is 18.5 Å². The summed E-state index contributed by atoms with van der Waals surface area (Å²) in [5.74, 6) is 0.991. The van der Waals surface area contributed by atoms with Crippen LogP contribution in [0, 0.1) is 22.7 Å². The van der Waals surface area contributed by atoms with Crippen molar-refractivity contribution >= 4 is 5.82 Å². The molecule has 1 aliphatic heterocycles. The molecule has 0 unspecified atom stereocenters. The summed E-state index contributed by atoms with van der Waals surface area (Å²) >= 11 is 0. The zero-order valence-electron chi connectivity index (χ0n) is 12.4. The zero-order chi connectivity index (χ0) is 14.6. The number of rotatable bonds is 3. The Kier molecular flexibility index (Phi) is 4.56. The molecule has 5 nitrogen and oxygen atoms in total. The smallest absolute Gasteiger partial charge is 0.182 e. The molecule has 1 fully saturated rings. The Morgan fingerprint density at radius 1 is 1.40 bits per heavy atom. The average Bonchev–Trinajstić information content (AvgIpc) is 2.44. The lowest BCUT2D eigenvalue weighted by molar-refractivity contribution is -0.0814. The zero-order valence-corrected chi connectivity index (χ0v) is 12.4. The second-order valence-corrected chi connectivity index (χ2v) is 6.31. The van der Waals surface area contributed by atoms with E-state index in [4.69, 9.17) is 10.00 Å². The largest absolute Gasteiger partial charge is 0.377 e. The first-order chi connectivity index (χ1) is 9.52. The molecule has 1 aliphatic rings. The highest BCUT2D eigenvalue weighted by Gasteiger charge is 2.35. The molecule has 0 aliphatic carbocycles. The topological polar surface area (TPSA) is 70.8 Å². The van der Waals surface area contributed by atoms with Gasteiger partial charge >= 0.3 is 0 Å². The standard InChI is InChI=1S/C15H22N4O/c1-15(2,3)13-11(5-4-8-20-13)10-19-14-12(9-16)17-6-7-18-14/h6-7,11,13H,4-5,8,10H2,1-3H3,(H,18,19)/t11-,13-/m0/s1. The first-order valence-corrected chi connectivity index (χ1v) is 7.09. The van der Waals surface area contributed by atoms with Crippen molar-refractivity contribution in [1.82, 2.24) is 9.97 Å². The van der Waals surface area contributed by atoms with Crippen molar-refractivity contribution in [3.63, 3.8) is 0 Å². The minimum atomic E-state index is 0.118. The molecule has 1 N–H and O–H groups in total. The molecule has 1 aromatic rings. The van der Waals surface area contributed by atoms with E-state index in [1.54, 1.807) is 6.20 Å². The van der Waals surface area contributed by atoms with E-state index in [2.05, 4.69) is 42.1 Å². The Hall–Kier alpha value is -1.67. The highest BCUT2D eigenvalue weighted by Crippen LogP contribution is 2.34. The van der Waals surface area contributed by atoms with E-state index in [-0.39, 0.29) is 11.5 Å². The molecule has 0 radical (unpaired) electrons. The van der Waals surface area contributed by atoms with Crippen LogP contribution in [0.2, 0.25) is 0 Å². The second kappa shape index (κ2) is 6.19. The van der Waals surface area contributed by atoms with Gasteiger partial charge in [0.25, 0.3) is 0 Å². The molecule has 1 saturated heterocycles. The maximum atomic E-state index is 9.02. The van der Waals surface area contributed by atoms with E-state index in [1.165, 1.54) is 6.20 Å². The van der Waals surface area contributed by atoms with Gasteiger partial charge in [0.05, 0.1) is 6.10 Å². The number of nitrogens with one attached hydrogen (secondary N) is 1. The van der Waals surface area contributed by atoms with Crippen LogP contribution in [0.4, 0.5) is 5.82 Å². The van der Waals surface area contributed by atoms with Crippen molar-refractivity contribution in [2.24, 2.45) is 11.3 Å². The average molecular weight is 274 g/mol. The van der Waals surface area contributed by atoms with E-state index in [1.807, 2.05) is 0 Å². The minimum Gasteiger partial charge on any atom is -0.377 e. The van der Waals surface area contributed by atoms with Gasteiger partial charge in [-0.2, -0.15) is 5.26 Å². The first-order valence-electron chi connectivity index (χ1n) is 7.09. The number of hydrogen-bond acceptors (Lipinski definition) is 5. The molecule has 20 heavy (non-hydrogen) atoms. The lowest BCUT2D eigenvalue weighted by Crippen LogP contribution is -2.42. The van der Waals surface area contributed by atoms with Crippen molar-refractivity contribution < 1.29 is 4.74 Å².